The average molecular weight is 274 g/mol. The number of aryl methyl sites for hydroxylation is 1. The van der Waals surface area contributed by atoms with E-state index in [2.05, 4.69) is 40.7 Å². The summed E-state index contributed by atoms with van der Waals surface area (Å²) in [5.74, 6) is 0. The molecule has 108 valence electrons. The van der Waals surface area contributed by atoms with E-state index in [1.807, 2.05) is 11.9 Å². The summed E-state index contributed by atoms with van der Waals surface area (Å²) >= 11 is 0. The Bertz CT molecular complexity index is 517. The molecule has 1 atom stereocenters. The van der Waals surface area contributed by atoms with Gasteiger partial charge in [0.05, 0.1) is 6.04 Å². The van der Waals surface area contributed by atoms with Crippen LogP contribution in [0.15, 0.2) is 18.2 Å². The number of carbonyl (C=O) groups is 1. The van der Waals surface area contributed by atoms with E-state index < -0.39 is 0 Å². The van der Waals surface area contributed by atoms with Gasteiger partial charge in [-0.2, -0.15) is 0 Å². The summed E-state index contributed by atoms with van der Waals surface area (Å²) in [6, 6.07) is 7.05. The van der Waals surface area contributed by atoms with Crippen molar-refractivity contribution in [3.8, 4) is 0 Å². The third-order valence-corrected chi connectivity index (χ3v) is 4.22. The zero-order valence-electron chi connectivity index (χ0n) is 12.1. The molecule has 1 aromatic rings. The number of hydrogen-bond donors (Lipinski definition) is 2. The second-order valence-electron chi connectivity index (χ2n) is 5.63. The lowest BCUT2D eigenvalue weighted by Gasteiger charge is -2.38. The molecule has 0 bridgehead atoms. The van der Waals surface area contributed by atoms with Crippen LogP contribution in [0.3, 0.4) is 0 Å². The van der Waals surface area contributed by atoms with Gasteiger partial charge in [0.2, 0.25) is 0 Å². The summed E-state index contributed by atoms with van der Waals surface area (Å²) in [4.78, 5) is 16.0. The van der Waals surface area contributed by atoms with E-state index >= 15 is 0 Å². The molecule has 1 unspecified atom stereocenters. The molecule has 2 N–H and O–H groups in total. The van der Waals surface area contributed by atoms with Crippen molar-refractivity contribution >= 4 is 11.7 Å². The van der Waals surface area contributed by atoms with Crippen molar-refractivity contribution in [1.82, 2.24) is 15.5 Å². The summed E-state index contributed by atoms with van der Waals surface area (Å²) < 4.78 is 0. The van der Waals surface area contributed by atoms with Crippen LogP contribution < -0.4 is 15.5 Å². The largest absolute Gasteiger partial charge is 0.367 e. The second-order valence-corrected chi connectivity index (χ2v) is 5.63. The van der Waals surface area contributed by atoms with E-state index in [0.29, 0.717) is 6.04 Å². The van der Waals surface area contributed by atoms with Gasteiger partial charge in [-0.1, -0.05) is 12.1 Å². The standard InChI is InChI=1S/C15H22N4O/c1-11-7-12(8-16-2)3-4-14(11)18-5-6-19-13(10-18)9-17-15(19)20/h3-4,7,13,16H,5-6,8-10H2,1-2H3,(H,17,20). The van der Waals surface area contributed by atoms with E-state index in [9.17, 15) is 4.79 Å². The zero-order chi connectivity index (χ0) is 14.1. The van der Waals surface area contributed by atoms with Crippen LogP contribution in [0.1, 0.15) is 11.1 Å². The Morgan fingerprint density at radius 2 is 2.25 bits per heavy atom. The van der Waals surface area contributed by atoms with Gasteiger partial charge in [-0.3, -0.25) is 0 Å². The number of benzene rings is 1. The summed E-state index contributed by atoms with van der Waals surface area (Å²) in [5, 5.41) is 6.11. The van der Waals surface area contributed by atoms with Crippen LogP contribution >= 0.6 is 0 Å². The molecular weight excluding hydrogens is 252 g/mol. The monoisotopic (exact) mass is 274 g/mol. The fourth-order valence-electron chi connectivity index (χ4n) is 3.21. The Kier molecular flexibility index (Phi) is 3.53. The second kappa shape index (κ2) is 5.32. The number of hydrogen-bond acceptors (Lipinski definition) is 3. The molecule has 3 rings (SSSR count). The highest BCUT2D eigenvalue weighted by Crippen LogP contribution is 2.25. The van der Waals surface area contributed by atoms with Gasteiger partial charge in [0.1, 0.15) is 0 Å². The van der Waals surface area contributed by atoms with Crippen LogP contribution in [0.5, 0.6) is 0 Å². The molecule has 0 saturated carbocycles. The molecule has 0 radical (unpaired) electrons. The highest BCUT2D eigenvalue weighted by atomic mass is 16.2. The maximum absolute atomic E-state index is 11.6. The maximum atomic E-state index is 11.6. The lowest BCUT2D eigenvalue weighted by atomic mass is 10.1. The first-order valence-corrected chi connectivity index (χ1v) is 7.22. The first kappa shape index (κ1) is 13.2. The topological polar surface area (TPSA) is 47.6 Å². The van der Waals surface area contributed by atoms with Crippen LogP contribution in [-0.2, 0) is 6.54 Å². The number of nitrogens with one attached hydrogen (secondary N) is 2. The number of amides is 2. The van der Waals surface area contributed by atoms with Crippen LogP contribution in [-0.4, -0.2) is 50.2 Å². The van der Waals surface area contributed by atoms with Crippen molar-refractivity contribution in [3.63, 3.8) is 0 Å². The zero-order valence-corrected chi connectivity index (χ0v) is 12.1. The molecule has 5 heteroatoms. The molecule has 0 aromatic heterocycles. The molecule has 0 spiro atoms. The van der Waals surface area contributed by atoms with Crippen LogP contribution in [0.4, 0.5) is 10.5 Å². The summed E-state index contributed by atoms with van der Waals surface area (Å²) in [6.07, 6.45) is 0. The fraction of sp³-hybridized carbons (Fsp3) is 0.533. The normalized spacial score (nSPS) is 21.9. The Labute approximate surface area is 119 Å². The van der Waals surface area contributed by atoms with Gasteiger partial charge in [0.15, 0.2) is 0 Å². The van der Waals surface area contributed by atoms with Crippen molar-refractivity contribution in [2.45, 2.75) is 19.5 Å². The average Bonchev–Trinajstić information content (AvgIpc) is 2.80. The lowest BCUT2D eigenvalue weighted by Crippen LogP contribution is -2.52. The molecule has 2 fully saturated rings. The quantitative estimate of drug-likeness (QED) is 0.862. The minimum absolute atomic E-state index is 0.0933. The van der Waals surface area contributed by atoms with Crippen molar-refractivity contribution in [3.05, 3.63) is 29.3 Å². The number of anilines is 1. The van der Waals surface area contributed by atoms with E-state index in [4.69, 9.17) is 0 Å². The Balaban J connectivity index is 1.75. The minimum Gasteiger partial charge on any atom is -0.367 e. The molecule has 1 aromatic carbocycles. The van der Waals surface area contributed by atoms with Crippen molar-refractivity contribution in [2.75, 3.05) is 38.1 Å². The van der Waals surface area contributed by atoms with E-state index in [1.54, 1.807) is 0 Å². The molecular formula is C15H22N4O. The molecule has 5 nitrogen and oxygen atoms in total. The molecule has 2 heterocycles. The van der Waals surface area contributed by atoms with Crippen molar-refractivity contribution < 1.29 is 4.79 Å². The van der Waals surface area contributed by atoms with Gasteiger partial charge < -0.3 is 20.4 Å². The first-order valence-electron chi connectivity index (χ1n) is 7.22. The number of rotatable bonds is 3. The Morgan fingerprint density at radius 1 is 1.40 bits per heavy atom. The highest BCUT2D eigenvalue weighted by molar-refractivity contribution is 5.77. The minimum atomic E-state index is 0.0933. The van der Waals surface area contributed by atoms with Gasteiger partial charge >= 0.3 is 6.03 Å². The Morgan fingerprint density at radius 3 is 3.00 bits per heavy atom. The fourth-order valence-corrected chi connectivity index (χ4v) is 3.21. The van der Waals surface area contributed by atoms with Crippen LogP contribution in [0, 0.1) is 6.92 Å². The maximum Gasteiger partial charge on any atom is 0.317 e. The van der Waals surface area contributed by atoms with Crippen LogP contribution in [0.2, 0.25) is 0 Å². The van der Waals surface area contributed by atoms with Crippen molar-refractivity contribution in [1.29, 1.82) is 0 Å². The molecule has 2 amide bonds. The number of piperazine rings is 1. The van der Waals surface area contributed by atoms with Gasteiger partial charge in [0.25, 0.3) is 0 Å². The smallest absolute Gasteiger partial charge is 0.317 e. The number of urea groups is 1. The van der Waals surface area contributed by atoms with Gasteiger partial charge in [-0.05, 0) is 31.2 Å². The number of fused-ring (bicyclic) bond motifs is 1. The van der Waals surface area contributed by atoms with Gasteiger partial charge in [-0.15, -0.1) is 0 Å². The van der Waals surface area contributed by atoms with E-state index in [1.165, 1.54) is 16.8 Å². The summed E-state index contributed by atoms with van der Waals surface area (Å²) in [6.45, 7) is 6.48. The third kappa shape index (κ3) is 2.33. The summed E-state index contributed by atoms with van der Waals surface area (Å²) in [5.41, 5.74) is 3.91. The molecule has 2 aliphatic heterocycles. The molecule has 20 heavy (non-hydrogen) atoms. The predicted octanol–water partition coefficient (Wildman–Crippen LogP) is 0.928. The number of carbonyl (C=O) groups excluding carboxylic acids is 1. The van der Waals surface area contributed by atoms with Gasteiger partial charge in [0, 0.05) is 38.4 Å². The third-order valence-electron chi connectivity index (χ3n) is 4.22. The predicted molar refractivity (Wildman–Crippen MR) is 80.0 cm³/mol. The van der Waals surface area contributed by atoms with Gasteiger partial charge in [-0.25, -0.2) is 4.79 Å². The molecule has 0 aliphatic carbocycles. The Hall–Kier alpha value is -1.75. The van der Waals surface area contributed by atoms with E-state index in [-0.39, 0.29) is 6.03 Å². The van der Waals surface area contributed by atoms with E-state index in [0.717, 1.165) is 32.7 Å². The molecule has 2 saturated heterocycles. The highest BCUT2D eigenvalue weighted by Gasteiger charge is 2.35. The number of nitrogens with zero attached hydrogens (tertiary/aromatic N) is 2. The van der Waals surface area contributed by atoms with Crippen LogP contribution in [0.25, 0.3) is 0 Å². The lowest BCUT2D eigenvalue weighted by molar-refractivity contribution is 0.197. The molecule has 2 aliphatic rings. The first-order chi connectivity index (χ1) is 9.69. The SMILES string of the molecule is CNCc1ccc(N2CCN3C(=O)NCC3C2)c(C)c1. The summed E-state index contributed by atoms with van der Waals surface area (Å²) in [7, 11) is 1.96. The van der Waals surface area contributed by atoms with Crippen molar-refractivity contribution in [2.24, 2.45) is 0 Å².